The van der Waals surface area contributed by atoms with Crippen LogP contribution in [-0.4, -0.2) is 36.7 Å². The van der Waals surface area contributed by atoms with E-state index in [0.29, 0.717) is 13.0 Å². The van der Waals surface area contributed by atoms with E-state index in [-0.39, 0.29) is 41.9 Å². The highest BCUT2D eigenvalue weighted by Gasteiger charge is 2.25. The van der Waals surface area contributed by atoms with Gasteiger partial charge in [-0.3, -0.25) is 4.79 Å². The summed E-state index contributed by atoms with van der Waals surface area (Å²) in [6.45, 7) is 10.7. The molecule has 0 radical (unpaired) electrons. The third-order valence-electron chi connectivity index (χ3n) is 5.25. The summed E-state index contributed by atoms with van der Waals surface area (Å²) in [4.78, 5) is 16.3. The molecule has 0 aliphatic carbocycles. The van der Waals surface area contributed by atoms with Crippen molar-refractivity contribution in [3.8, 4) is 0 Å². The van der Waals surface area contributed by atoms with Crippen LogP contribution < -0.4 is 16.0 Å². The molecular weight excluding hydrogens is 479 g/mol. The fraction of sp³-hybridized carbons (Fsp3) is 0.636. The molecule has 0 fully saturated rings. The van der Waals surface area contributed by atoms with Crippen LogP contribution in [0, 0.1) is 5.41 Å². The lowest BCUT2D eigenvalue weighted by atomic mass is 9.79. The Labute approximate surface area is 193 Å². The molecule has 29 heavy (non-hydrogen) atoms. The van der Waals surface area contributed by atoms with Gasteiger partial charge in [-0.1, -0.05) is 32.9 Å². The Hall–Kier alpha value is -1.35. The smallest absolute Gasteiger partial charge is 0.224 e. The van der Waals surface area contributed by atoms with E-state index >= 15 is 0 Å². The number of nitrogens with zero attached hydrogens (tertiary/aromatic N) is 1. The molecule has 0 unspecified atom stereocenters. The summed E-state index contributed by atoms with van der Waals surface area (Å²) >= 11 is 0. The van der Waals surface area contributed by atoms with Crippen LogP contribution >= 0.6 is 24.0 Å². The molecule has 0 aliphatic rings. The van der Waals surface area contributed by atoms with Gasteiger partial charge in [-0.05, 0) is 55.7 Å². The number of aliphatic hydroxyl groups excluding tert-OH is 1. The molecule has 0 saturated carbocycles. The number of amides is 1. The molecular formula is C22H39IN4O2. The summed E-state index contributed by atoms with van der Waals surface area (Å²) < 4.78 is 0. The fourth-order valence-corrected chi connectivity index (χ4v) is 3.11. The van der Waals surface area contributed by atoms with Gasteiger partial charge in [0, 0.05) is 31.8 Å². The van der Waals surface area contributed by atoms with E-state index in [9.17, 15) is 9.90 Å². The number of hydrogen-bond acceptors (Lipinski definition) is 3. The van der Waals surface area contributed by atoms with Crippen molar-refractivity contribution in [2.45, 2.75) is 66.3 Å². The van der Waals surface area contributed by atoms with Gasteiger partial charge in [0.05, 0.1) is 6.54 Å². The molecule has 1 aromatic carbocycles. The Balaban J connectivity index is 0.00000784. The average molecular weight is 518 g/mol. The van der Waals surface area contributed by atoms with Gasteiger partial charge >= 0.3 is 0 Å². The number of aliphatic hydroxyl groups is 1. The largest absolute Gasteiger partial charge is 0.396 e. The van der Waals surface area contributed by atoms with Crippen LogP contribution in [0.3, 0.4) is 0 Å². The summed E-state index contributed by atoms with van der Waals surface area (Å²) in [6.07, 6.45) is 4.20. The highest BCUT2D eigenvalue weighted by atomic mass is 127. The molecule has 1 rings (SSSR count). The number of carbonyl (C=O) groups is 1. The topological polar surface area (TPSA) is 85.8 Å². The third-order valence-corrected chi connectivity index (χ3v) is 5.25. The Kier molecular flexibility index (Phi) is 14.8. The van der Waals surface area contributed by atoms with Gasteiger partial charge < -0.3 is 21.1 Å². The van der Waals surface area contributed by atoms with Gasteiger partial charge in [-0.2, -0.15) is 0 Å². The Bertz CT molecular complexity index is 601. The summed E-state index contributed by atoms with van der Waals surface area (Å²) in [5.41, 5.74) is 1.98. The van der Waals surface area contributed by atoms with Crippen LogP contribution in [0.1, 0.15) is 65.4 Å². The van der Waals surface area contributed by atoms with E-state index in [2.05, 4.69) is 34.8 Å². The molecule has 1 amide bonds. The van der Waals surface area contributed by atoms with Crippen molar-refractivity contribution in [2.24, 2.45) is 10.4 Å². The number of carbonyl (C=O) groups excluding carboxylic acids is 1. The number of hydrogen-bond donors (Lipinski definition) is 4. The zero-order valence-corrected chi connectivity index (χ0v) is 20.7. The van der Waals surface area contributed by atoms with E-state index < -0.39 is 0 Å². The number of halogens is 1. The first kappa shape index (κ1) is 27.6. The second-order valence-corrected chi connectivity index (χ2v) is 7.22. The first-order valence-corrected chi connectivity index (χ1v) is 10.5. The summed E-state index contributed by atoms with van der Waals surface area (Å²) in [5.74, 6) is 0.831. The van der Waals surface area contributed by atoms with Crippen molar-refractivity contribution < 1.29 is 9.90 Å². The van der Waals surface area contributed by atoms with Crippen LogP contribution in [0.5, 0.6) is 0 Å². The molecule has 6 nitrogen and oxygen atoms in total. The lowest BCUT2D eigenvalue weighted by Gasteiger charge is -2.32. The molecule has 0 aliphatic heterocycles. The summed E-state index contributed by atoms with van der Waals surface area (Å²) in [7, 11) is 0. The second kappa shape index (κ2) is 15.5. The highest BCUT2D eigenvalue weighted by Crippen LogP contribution is 2.29. The lowest BCUT2D eigenvalue weighted by molar-refractivity contribution is -0.116. The number of guanidine groups is 1. The van der Waals surface area contributed by atoms with E-state index in [1.807, 2.05) is 38.1 Å². The quantitative estimate of drug-likeness (QED) is 0.189. The maximum atomic E-state index is 11.7. The highest BCUT2D eigenvalue weighted by molar-refractivity contribution is 14.0. The minimum Gasteiger partial charge on any atom is -0.396 e. The maximum Gasteiger partial charge on any atom is 0.224 e. The van der Waals surface area contributed by atoms with E-state index in [1.165, 1.54) is 0 Å². The standard InChI is InChI=1S/C22H38N4O2.HI/c1-5-9-20(28)26-19-12-10-18(11-13-19)16-24-21(23-8-4)25-17-22(6-2,7-3)14-15-27;/h10-13,27H,5-9,14-17H2,1-4H3,(H,26,28)(H2,23,24,25);1H. The van der Waals surface area contributed by atoms with Crippen molar-refractivity contribution >= 4 is 41.5 Å². The van der Waals surface area contributed by atoms with Crippen molar-refractivity contribution in [3.05, 3.63) is 29.8 Å². The molecule has 7 heteroatoms. The third kappa shape index (κ3) is 10.3. The van der Waals surface area contributed by atoms with Gasteiger partial charge in [0.1, 0.15) is 0 Å². The zero-order chi connectivity index (χ0) is 20.8. The van der Waals surface area contributed by atoms with Gasteiger partial charge in [0.2, 0.25) is 5.91 Å². The van der Waals surface area contributed by atoms with Crippen LogP contribution in [0.15, 0.2) is 29.3 Å². The average Bonchev–Trinajstić information content (AvgIpc) is 2.70. The van der Waals surface area contributed by atoms with Crippen LogP contribution in [0.4, 0.5) is 5.69 Å². The minimum atomic E-state index is 0. The Morgan fingerprint density at radius 3 is 2.24 bits per heavy atom. The minimum absolute atomic E-state index is 0. The number of nitrogens with one attached hydrogen (secondary N) is 3. The number of rotatable bonds is 12. The molecule has 0 aromatic heterocycles. The predicted molar refractivity (Wildman–Crippen MR) is 133 cm³/mol. The first-order chi connectivity index (χ1) is 13.5. The number of anilines is 1. The number of aliphatic imine (C=N–C) groups is 1. The van der Waals surface area contributed by atoms with Gasteiger partial charge in [0.15, 0.2) is 5.96 Å². The molecule has 166 valence electrons. The van der Waals surface area contributed by atoms with Gasteiger partial charge in [-0.15, -0.1) is 24.0 Å². The molecule has 4 N–H and O–H groups in total. The molecule has 0 saturated heterocycles. The summed E-state index contributed by atoms with van der Waals surface area (Å²) in [6, 6.07) is 7.81. The first-order valence-electron chi connectivity index (χ1n) is 10.5. The monoisotopic (exact) mass is 518 g/mol. The second-order valence-electron chi connectivity index (χ2n) is 7.22. The molecule has 0 atom stereocenters. The zero-order valence-electron chi connectivity index (χ0n) is 18.4. The predicted octanol–water partition coefficient (Wildman–Crippen LogP) is 4.29. The van der Waals surface area contributed by atoms with E-state index in [4.69, 9.17) is 0 Å². The van der Waals surface area contributed by atoms with Crippen molar-refractivity contribution in [2.75, 3.05) is 25.0 Å². The van der Waals surface area contributed by atoms with Crippen LogP contribution in [0.25, 0.3) is 0 Å². The lowest BCUT2D eigenvalue weighted by Crippen LogP contribution is -2.43. The molecule has 0 heterocycles. The Morgan fingerprint density at radius 2 is 1.72 bits per heavy atom. The number of benzene rings is 1. The van der Waals surface area contributed by atoms with E-state index in [1.54, 1.807) is 0 Å². The molecule has 0 bridgehead atoms. The normalized spacial score (nSPS) is 11.6. The van der Waals surface area contributed by atoms with Gasteiger partial charge in [0.25, 0.3) is 0 Å². The van der Waals surface area contributed by atoms with Crippen molar-refractivity contribution in [1.82, 2.24) is 10.6 Å². The van der Waals surface area contributed by atoms with Crippen molar-refractivity contribution in [3.63, 3.8) is 0 Å². The molecule has 1 aromatic rings. The Morgan fingerprint density at radius 1 is 1.07 bits per heavy atom. The van der Waals surface area contributed by atoms with Crippen LogP contribution in [0.2, 0.25) is 0 Å². The van der Waals surface area contributed by atoms with Gasteiger partial charge in [-0.25, -0.2) is 4.99 Å². The molecule has 0 spiro atoms. The van der Waals surface area contributed by atoms with Crippen LogP contribution in [-0.2, 0) is 11.3 Å². The fourth-order valence-electron chi connectivity index (χ4n) is 3.11. The maximum absolute atomic E-state index is 11.7. The SMILES string of the molecule is CCCC(=O)Nc1ccc(CN=C(NCC)NCC(CC)(CC)CCO)cc1.I. The summed E-state index contributed by atoms with van der Waals surface area (Å²) in [5, 5.41) is 19.0. The van der Waals surface area contributed by atoms with Crippen molar-refractivity contribution in [1.29, 1.82) is 0 Å². The van der Waals surface area contributed by atoms with E-state index in [0.717, 1.165) is 56.0 Å².